The highest BCUT2D eigenvalue weighted by atomic mass is 32.2. The average Bonchev–Trinajstić information content (AvgIpc) is 2.71. The first-order chi connectivity index (χ1) is 13.5. The third kappa shape index (κ3) is 4.98. The molecule has 2 aromatic heterocycles. The lowest BCUT2D eigenvalue weighted by Gasteiger charge is -2.17. The lowest BCUT2D eigenvalue weighted by molar-refractivity contribution is 0.0693. The Morgan fingerprint density at radius 1 is 1.11 bits per heavy atom. The predicted octanol–water partition coefficient (Wildman–Crippen LogP) is 3.54. The number of carboxylic acid groups (broad SMARTS) is 1. The molecule has 0 aliphatic rings. The molecule has 7 nitrogen and oxygen atoms in total. The Morgan fingerprint density at radius 3 is 2.50 bits per heavy atom. The maximum atomic E-state index is 12.0. The Kier molecular flexibility index (Phi) is 6.44. The van der Waals surface area contributed by atoms with Gasteiger partial charge in [0.05, 0.1) is 0 Å². The molecule has 0 aliphatic carbocycles. The predicted molar refractivity (Wildman–Crippen MR) is 111 cm³/mol. The van der Waals surface area contributed by atoms with Gasteiger partial charge in [-0.25, -0.2) is 9.78 Å². The summed E-state index contributed by atoms with van der Waals surface area (Å²) in [6, 6.07) is 13.6. The standard InChI is InChI=1S/C20H21N5O2S/c1-25(2)20-23-17(22-12-15-9-6-10-21-11-15)16(19(26)27)18(24-20)28-13-14-7-4-3-5-8-14/h3-11H,12-13H2,1-2H3,(H,26,27)(H,22,23,24). The number of aromatic carboxylic acids is 1. The van der Waals surface area contributed by atoms with E-state index in [4.69, 9.17) is 0 Å². The van der Waals surface area contributed by atoms with Crippen molar-refractivity contribution in [2.75, 3.05) is 24.3 Å². The zero-order chi connectivity index (χ0) is 19.9. The summed E-state index contributed by atoms with van der Waals surface area (Å²) in [6.45, 7) is 0.417. The molecule has 2 heterocycles. The Balaban J connectivity index is 1.92. The van der Waals surface area contributed by atoms with E-state index in [2.05, 4.69) is 20.3 Å². The maximum Gasteiger partial charge on any atom is 0.342 e. The van der Waals surface area contributed by atoms with E-state index in [1.54, 1.807) is 17.3 Å². The minimum Gasteiger partial charge on any atom is -0.477 e. The molecule has 0 saturated heterocycles. The minimum absolute atomic E-state index is 0.0791. The van der Waals surface area contributed by atoms with Gasteiger partial charge in [0.25, 0.3) is 0 Å². The van der Waals surface area contributed by atoms with E-state index in [9.17, 15) is 9.90 Å². The number of carbonyl (C=O) groups is 1. The summed E-state index contributed by atoms with van der Waals surface area (Å²) >= 11 is 1.38. The van der Waals surface area contributed by atoms with Crippen LogP contribution in [0, 0.1) is 0 Å². The molecule has 0 amide bonds. The summed E-state index contributed by atoms with van der Waals surface area (Å²) in [7, 11) is 3.65. The molecule has 3 aromatic rings. The van der Waals surface area contributed by atoms with Gasteiger partial charge in [0.2, 0.25) is 5.95 Å². The monoisotopic (exact) mass is 395 g/mol. The van der Waals surface area contributed by atoms with Crippen molar-refractivity contribution in [3.05, 3.63) is 71.5 Å². The van der Waals surface area contributed by atoms with Crippen LogP contribution in [0.3, 0.4) is 0 Å². The van der Waals surface area contributed by atoms with E-state index in [-0.39, 0.29) is 5.56 Å². The Morgan fingerprint density at radius 2 is 1.86 bits per heavy atom. The zero-order valence-electron chi connectivity index (χ0n) is 15.7. The fourth-order valence-electron chi connectivity index (χ4n) is 2.47. The highest BCUT2D eigenvalue weighted by molar-refractivity contribution is 7.98. The molecule has 1 aromatic carbocycles. The quantitative estimate of drug-likeness (QED) is 0.442. The third-order valence-electron chi connectivity index (χ3n) is 3.88. The number of nitrogens with one attached hydrogen (secondary N) is 1. The molecular weight excluding hydrogens is 374 g/mol. The van der Waals surface area contributed by atoms with E-state index in [0.717, 1.165) is 11.1 Å². The van der Waals surface area contributed by atoms with Gasteiger partial charge in [0.1, 0.15) is 16.4 Å². The number of hydrogen-bond acceptors (Lipinski definition) is 7. The summed E-state index contributed by atoms with van der Waals surface area (Å²) in [6.07, 6.45) is 3.42. The van der Waals surface area contributed by atoms with Gasteiger partial charge in [-0.1, -0.05) is 36.4 Å². The fourth-order valence-corrected chi connectivity index (χ4v) is 3.44. The van der Waals surface area contributed by atoms with E-state index in [1.807, 2.05) is 56.6 Å². The van der Waals surface area contributed by atoms with Crippen molar-refractivity contribution in [3.8, 4) is 0 Å². The number of thioether (sulfide) groups is 1. The molecule has 0 aliphatic heterocycles. The third-order valence-corrected chi connectivity index (χ3v) is 4.93. The van der Waals surface area contributed by atoms with E-state index >= 15 is 0 Å². The first-order valence-electron chi connectivity index (χ1n) is 8.66. The van der Waals surface area contributed by atoms with Crippen LogP contribution in [0.25, 0.3) is 0 Å². The van der Waals surface area contributed by atoms with Gasteiger partial charge in [-0.2, -0.15) is 4.98 Å². The number of pyridine rings is 1. The SMILES string of the molecule is CN(C)c1nc(NCc2cccnc2)c(C(=O)O)c(SCc2ccccc2)n1. The van der Waals surface area contributed by atoms with Gasteiger partial charge in [-0.3, -0.25) is 4.98 Å². The Hall–Kier alpha value is -3.13. The first-order valence-corrected chi connectivity index (χ1v) is 9.65. The second kappa shape index (κ2) is 9.18. The number of aromatic nitrogens is 3. The van der Waals surface area contributed by atoms with Crippen LogP contribution >= 0.6 is 11.8 Å². The van der Waals surface area contributed by atoms with E-state index < -0.39 is 5.97 Å². The molecule has 0 fully saturated rings. The van der Waals surface area contributed by atoms with Gasteiger partial charge in [0.15, 0.2) is 0 Å². The van der Waals surface area contributed by atoms with Gasteiger partial charge in [-0.15, -0.1) is 11.8 Å². The average molecular weight is 395 g/mol. The van der Waals surface area contributed by atoms with Crippen LogP contribution < -0.4 is 10.2 Å². The molecule has 144 valence electrons. The summed E-state index contributed by atoms with van der Waals surface area (Å²) < 4.78 is 0. The topological polar surface area (TPSA) is 91.2 Å². The summed E-state index contributed by atoms with van der Waals surface area (Å²) in [5.74, 6) is 0.307. The van der Waals surface area contributed by atoms with Crippen molar-refractivity contribution in [1.82, 2.24) is 15.0 Å². The van der Waals surface area contributed by atoms with Crippen molar-refractivity contribution in [2.45, 2.75) is 17.3 Å². The van der Waals surface area contributed by atoms with Crippen molar-refractivity contribution in [1.29, 1.82) is 0 Å². The van der Waals surface area contributed by atoms with Crippen LogP contribution in [0.2, 0.25) is 0 Å². The molecule has 0 atom stereocenters. The lowest BCUT2D eigenvalue weighted by Crippen LogP contribution is -2.18. The van der Waals surface area contributed by atoms with Crippen LogP contribution in [-0.2, 0) is 12.3 Å². The van der Waals surface area contributed by atoms with E-state index in [1.165, 1.54) is 11.8 Å². The molecule has 0 radical (unpaired) electrons. The maximum absolute atomic E-state index is 12.0. The fraction of sp³-hybridized carbons (Fsp3) is 0.200. The molecule has 8 heteroatoms. The number of anilines is 2. The molecule has 0 unspecified atom stereocenters. The molecule has 0 spiro atoms. The summed E-state index contributed by atoms with van der Waals surface area (Å²) in [4.78, 5) is 26.7. The van der Waals surface area contributed by atoms with Crippen LogP contribution in [0.5, 0.6) is 0 Å². The van der Waals surface area contributed by atoms with Crippen molar-refractivity contribution >= 4 is 29.5 Å². The molecule has 2 N–H and O–H groups in total. The van der Waals surface area contributed by atoms with Crippen molar-refractivity contribution in [3.63, 3.8) is 0 Å². The minimum atomic E-state index is -1.06. The number of hydrogen-bond donors (Lipinski definition) is 2. The zero-order valence-corrected chi connectivity index (χ0v) is 16.5. The number of benzene rings is 1. The highest BCUT2D eigenvalue weighted by Crippen LogP contribution is 2.30. The van der Waals surface area contributed by atoms with Gasteiger partial charge in [-0.05, 0) is 17.2 Å². The highest BCUT2D eigenvalue weighted by Gasteiger charge is 2.22. The molecule has 0 saturated carbocycles. The number of rotatable bonds is 8. The number of nitrogens with zero attached hydrogens (tertiary/aromatic N) is 4. The van der Waals surface area contributed by atoms with Crippen molar-refractivity contribution < 1.29 is 9.90 Å². The van der Waals surface area contributed by atoms with Crippen molar-refractivity contribution in [2.24, 2.45) is 0 Å². The molecule has 3 rings (SSSR count). The molecular formula is C20H21N5O2S. The van der Waals surface area contributed by atoms with Gasteiger partial charge >= 0.3 is 5.97 Å². The second-order valence-electron chi connectivity index (χ2n) is 6.24. The normalized spacial score (nSPS) is 10.5. The van der Waals surface area contributed by atoms with Crippen LogP contribution in [0.1, 0.15) is 21.5 Å². The first kappa shape index (κ1) is 19.6. The van der Waals surface area contributed by atoms with Crippen LogP contribution in [0.15, 0.2) is 59.9 Å². The smallest absolute Gasteiger partial charge is 0.342 e. The van der Waals surface area contributed by atoms with E-state index in [0.29, 0.717) is 29.1 Å². The largest absolute Gasteiger partial charge is 0.477 e. The Bertz CT molecular complexity index is 871. The molecule has 0 bridgehead atoms. The Labute approximate surface area is 167 Å². The second-order valence-corrected chi connectivity index (χ2v) is 7.21. The van der Waals surface area contributed by atoms with Crippen LogP contribution in [-0.4, -0.2) is 40.1 Å². The summed E-state index contributed by atoms with van der Waals surface area (Å²) in [5, 5.41) is 13.4. The molecule has 28 heavy (non-hydrogen) atoms. The lowest BCUT2D eigenvalue weighted by atomic mass is 10.2. The number of carboxylic acids is 1. The van der Waals surface area contributed by atoms with Gasteiger partial charge < -0.3 is 15.3 Å². The van der Waals surface area contributed by atoms with Gasteiger partial charge in [0, 0.05) is 38.8 Å². The summed E-state index contributed by atoms with van der Waals surface area (Å²) in [5.41, 5.74) is 2.11. The van der Waals surface area contributed by atoms with Crippen LogP contribution in [0.4, 0.5) is 11.8 Å².